The van der Waals surface area contributed by atoms with Crippen LogP contribution in [-0.4, -0.2) is 22.6 Å². The molecule has 0 aliphatic rings. The van der Waals surface area contributed by atoms with Crippen LogP contribution in [0.3, 0.4) is 0 Å². The summed E-state index contributed by atoms with van der Waals surface area (Å²) in [5.74, 6) is 0. The predicted molar refractivity (Wildman–Crippen MR) is 89.6 cm³/mol. The summed E-state index contributed by atoms with van der Waals surface area (Å²) in [6.07, 6.45) is -9.85. The van der Waals surface area contributed by atoms with Crippen molar-refractivity contribution < 1.29 is 27.4 Å². The molecule has 8 heteroatoms. The van der Waals surface area contributed by atoms with Crippen LogP contribution in [0.2, 0.25) is 0 Å². The average molecular weight is 383 g/mol. The molecule has 136 valence electrons. The summed E-state index contributed by atoms with van der Waals surface area (Å²) >= 11 is 0.605. The average Bonchev–Trinajstić information content (AvgIpc) is 3.05. The molecule has 3 aromatic rings. The lowest BCUT2D eigenvalue weighted by atomic mass is 10.1. The van der Waals surface area contributed by atoms with Crippen molar-refractivity contribution in [1.29, 1.82) is 0 Å². The Morgan fingerprint density at radius 1 is 0.962 bits per heavy atom. The first kappa shape index (κ1) is 18.3. The number of benzene rings is 2. The van der Waals surface area contributed by atoms with Gasteiger partial charge in [-0.3, -0.25) is 0 Å². The van der Waals surface area contributed by atoms with Gasteiger partial charge in [0.2, 0.25) is 5.06 Å². The van der Waals surface area contributed by atoms with E-state index in [2.05, 4.69) is 9.72 Å². The fourth-order valence-corrected chi connectivity index (χ4v) is 3.22. The van der Waals surface area contributed by atoms with Crippen LogP contribution in [-0.2, 0) is 0 Å². The minimum Gasteiger partial charge on any atom is -0.416 e. The number of halogens is 4. The van der Waals surface area contributed by atoms with Gasteiger partial charge < -0.3 is 9.84 Å². The summed E-state index contributed by atoms with van der Waals surface area (Å²) in [5.41, 5.74) is 0.879. The molecule has 26 heavy (non-hydrogen) atoms. The third-order valence-electron chi connectivity index (χ3n) is 3.49. The molecule has 0 bridgehead atoms. The van der Waals surface area contributed by atoms with Crippen molar-refractivity contribution >= 4 is 11.3 Å². The van der Waals surface area contributed by atoms with Crippen molar-refractivity contribution in [2.24, 2.45) is 0 Å². The van der Waals surface area contributed by atoms with E-state index in [1.165, 1.54) is 0 Å². The summed E-state index contributed by atoms with van der Waals surface area (Å²) in [7, 11) is 0. The standard InChI is InChI=1S/C18H13F4NO2S/c19-17(20)18(21,22)25-16-13(11-7-3-1-4-8-11)23-15(26-16)14(24)12-9-5-2-6-10-12/h1-10,14,17,24H. The second kappa shape index (κ2) is 7.43. The Morgan fingerprint density at radius 2 is 1.54 bits per heavy atom. The van der Waals surface area contributed by atoms with Crippen molar-refractivity contribution in [2.45, 2.75) is 18.6 Å². The molecule has 0 saturated heterocycles. The summed E-state index contributed by atoms with van der Waals surface area (Å²) in [5, 5.41) is 10.0. The predicted octanol–water partition coefficient (Wildman–Crippen LogP) is 5.13. The van der Waals surface area contributed by atoms with Crippen LogP contribution in [0.15, 0.2) is 60.7 Å². The summed E-state index contributed by atoms with van der Waals surface area (Å²) < 4.78 is 56.1. The van der Waals surface area contributed by atoms with E-state index in [1.54, 1.807) is 60.7 Å². The van der Waals surface area contributed by atoms with Gasteiger partial charge in [-0.05, 0) is 5.56 Å². The molecule has 0 amide bonds. The van der Waals surface area contributed by atoms with Gasteiger partial charge in [0.15, 0.2) is 0 Å². The first-order valence-corrected chi connectivity index (χ1v) is 8.34. The molecule has 3 rings (SSSR count). The highest BCUT2D eigenvalue weighted by Gasteiger charge is 2.45. The van der Waals surface area contributed by atoms with Gasteiger partial charge in [0.05, 0.1) is 0 Å². The highest BCUT2D eigenvalue weighted by Crippen LogP contribution is 2.42. The molecule has 1 N–H and O–H groups in total. The molecule has 0 aliphatic heterocycles. The zero-order chi connectivity index (χ0) is 18.7. The quantitative estimate of drug-likeness (QED) is 0.600. The van der Waals surface area contributed by atoms with Crippen LogP contribution in [0.5, 0.6) is 5.06 Å². The molecular weight excluding hydrogens is 370 g/mol. The van der Waals surface area contributed by atoms with Gasteiger partial charge in [-0.2, -0.15) is 17.6 Å². The number of alkyl halides is 4. The van der Waals surface area contributed by atoms with E-state index in [0.29, 0.717) is 22.5 Å². The van der Waals surface area contributed by atoms with Gasteiger partial charge in [-0.1, -0.05) is 72.0 Å². The molecule has 0 saturated carbocycles. The van der Waals surface area contributed by atoms with E-state index >= 15 is 0 Å². The molecule has 2 aromatic carbocycles. The maximum Gasteiger partial charge on any atom is 0.461 e. The fourth-order valence-electron chi connectivity index (χ4n) is 2.23. The zero-order valence-corrected chi connectivity index (χ0v) is 14.0. The molecule has 3 nitrogen and oxygen atoms in total. The topological polar surface area (TPSA) is 42.4 Å². The first-order chi connectivity index (χ1) is 12.4. The molecular formula is C18H13F4NO2S. The van der Waals surface area contributed by atoms with Crippen LogP contribution < -0.4 is 4.74 Å². The first-order valence-electron chi connectivity index (χ1n) is 7.52. The normalized spacial score (nSPS) is 13.0. The van der Waals surface area contributed by atoms with Gasteiger partial charge in [0.1, 0.15) is 16.8 Å². The van der Waals surface area contributed by atoms with Gasteiger partial charge in [-0.25, -0.2) is 4.98 Å². The summed E-state index contributed by atoms with van der Waals surface area (Å²) in [4.78, 5) is 4.17. The summed E-state index contributed by atoms with van der Waals surface area (Å²) in [6, 6.07) is 16.6. The van der Waals surface area contributed by atoms with Crippen LogP contribution in [0.1, 0.15) is 16.7 Å². The smallest absolute Gasteiger partial charge is 0.416 e. The zero-order valence-electron chi connectivity index (χ0n) is 13.2. The number of hydrogen-bond acceptors (Lipinski definition) is 4. The Bertz CT molecular complexity index is 856. The highest BCUT2D eigenvalue weighted by molar-refractivity contribution is 7.14. The van der Waals surface area contributed by atoms with Crippen LogP contribution in [0, 0.1) is 0 Å². The number of ether oxygens (including phenoxy) is 1. The van der Waals surface area contributed by atoms with Crippen molar-refractivity contribution in [2.75, 3.05) is 0 Å². The maximum absolute atomic E-state index is 13.4. The van der Waals surface area contributed by atoms with Gasteiger partial charge in [-0.15, -0.1) is 0 Å². The van der Waals surface area contributed by atoms with E-state index in [0.717, 1.165) is 0 Å². The molecule has 1 aromatic heterocycles. The number of nitrogens with zero attached hydrogens (tertiary/aromatic N) is 1. The lowest BCUT2D eigenvalue weighted by Crippen LogP contribution is -2.33. The van der Waals surface area contributed by atoms with Crippen LogP contribution in [0.4, 0.5) is 17.6 Å². The monoisotopic (exact) mass is 383 g/mol. The number of aliphatic hydroxyl groups is 1. The van der Waals surface area contributed by atoms with Crippen molar-refractivity contribution in [1.82, 2.24) is 4.98 Å². The van der Waals surface area contributed by atoms with Crippen molar-refractivity contribution in [3.8, 4) is 16.3 Å². The Kier molecular flexibility index (Phi) is 5.24. The largest absolute Gasteiger partial charge is 0.461 e. The van der Waals surface area contributed by atoms with Gasteiger partial charge in [0, 0.05) is 5.56 Å². The highest BCUT2D eigenvalue weighted by atomic mass is 32.1. The number of rotatable bonds is 6. The van der Waals surface area contributed by atoms with E-state index in [-0.39, 0.29) is 10.7 Å². The van der Waals surface area contributed by atoms with Crippen molar-refractivity contribution in [3.63, 3.8) is 0 Å². The number of aromatic nitrogens is 1. The minimum atomic E-state index is -4.66. The molecule has 0 radical (unpaired) electrons. The van der Waals surface area contributed by atoms with E-state index in [1.807, 2.05) is 0 Å². The third-order valence-corrected chi connectivity index (χ3v) is 4.48. The maximum atomic E-state index is 13.4. The summed E-state index contributed by atoms with van der Waals surface area (Å²) in [6.45, 7) is 0. The number of aliphatic hydroxyl groups excluding tert-OH is 1. The number of thiazole rings is 1. The molecule has 1 heterocycles. The minimum absolute atomic E-state index is 0.0269. The molecule has 1 unspecified atom stereocenters. The van der Waals surface area contributed by atoms with Crippen molar-refractivity contribution in [3.05, 3.63) is 71.2 Å². The Balaban J connectivity index is 2.03. The second-order valence-corrected chi connectivity index (χ2v) is 6.33. The van der Waals surface area contributed by atoms with E-state index < -0.39 is 23.7 Å². The van der Waals surface area contributed by atoms with Gasteiger partial charge in [0.25, 0.3) is 0 Å². The number of hydrogen-bond donors (Lipinski definition) is 1. The Hall–Kier alpha value is -2.45. The molecule has 0 aliphatic carbocycles. The lowest BCUT2D eigenvalue weighted by molar-refractivity contribution is -0.251. The Labute approximate surface area is 150 Å². The third kappa shape index (κ3) is 3.86. The van der Waals surface area contributed by atoms with E-state index in [4.69, 9.17) is 0 Å². The SMILES string of the molecule is OC(c1ccccc1)c1nc(-c2ccccc2)c(OC(F)(F)C(F)F)s1. The van der Waals surface area contributed by atoms with Gasteiger partial charge >= 0.3 is 12.5 Å². The Morgan fingerprint density at radius 3 is 2.12 bits per heavy atom. The van der Waals surface area contributed by atoms with Crippen LogP contribution in [0.25, 0.3) is 11.3 Å². The fraction of sp³-hybridized carbons (Fsp3) is 0.167. The van der Waals surface area contributed by atoms with E-state index in [9.17, 15) is 22.7 Å². The molecule has 0 fully saturated rings. The second-order valence-electron chi connectivity index (χ2n) is 5.33. The van der Waals surface area contributed by atoms with Crippen LogP contribution >= 0.6 is 11.3 Å². The lowest BCUT2D eigenvalue weighted by Gasteiger charge is -2.16. The molecule has 1 atom stereocenters. The molecule has 0 spiro atoms.